The molecule has 2 unspecified atom stereocenters. The van der Waals surface area contributed by atoms with Crippen molar-refractivity contribution in [3.05, 3.63) is 71.5 Å². The summed E-state index contributed by atoms with van der Waals surface area (Å²) in [6, 6.07) is 8.44. The second-order valence-corrected chi connectivity index (χ2v) is 8.67. The van der Waals surface area contributed by atoms with Crippen LogP contribution in [0.1, 0.15) is 18.4 Å². The number of benzene rings is 2. The van der Waals surface area contributed by atoms with Crippen LogP contribution in [0.2, 0.25) is 0 Å². The first kappa shape index (κ1) is 24.7. The smallest absolute Gasteiger partial charge is 0.319 e. The summed E-state index contributed by atoms with van der Waals surface area (Å²) in [4.78, 5) is 26.5. The van der Waals surface area contributed by atoms with E-state index >= 15 is 4.39 Å². The van der Waals surface area contributed by atoms with Crippen molar-refractivity contribution in [2.45, 2.75) is 30.9 Å². The SMILES string of the molecule is COc1c(-c2ccccc2CO)ccc(N2CCC(NC(=O)NC3=CCC(Cl)C=C3F)C2=O)c1F. The maximum atomic E-state index is 15.5. The molecule has 2 atom stereocenters. The molecular weight excluding hydrogens is 480 g/mol. The largest absolute Gasteiger partial charge is 0.493 e. The molecule has 7 nitrogen and oxygen atoms in total. The zero-order valence-electron chi connectivity index (χ0n) is 18.9. The Hall–Kier alpha value is -3.43. The number of carbonyl (C=O) groups is 2. The Kier molecular flexibility index (Phi) is 7.37. The lowest BCUT2D eigenvalue weighted by Crippen LogP contribution is -2.46. The first-order chi connectivity index (χ1) is 16.8. The van der Waals surface area contributed by atoms with Crippen molar-refractivity contribution >= 4 is 29.2 Å². The number of urea groups is 1. The number of aliphatic hydroxyl groups is 1. The number of nitrogens with one attached hydrogen (secondary N) is 2. The van der Waals surface area contributed by atoms with Gasteiger partial charge in [0.15, 0.2) is 11.6 Å². The normalized spacial score (nSPS) is 19.8. The molecule has 2 aromatic carbocycles. The van der Waals surface area contributed by atoms with Crippen LogP contribution in [-0.2, 0) is 11.4 Å². The van der Waals surface area contributed by atoms with Gasteiger partial charge in [-0.2, -0.15) is 0 Å². The molecule has 3 amide bonds. The molecule has 0 saturated carbocycles. The number of methoxy groups -OCH3 is 1. The molecule has 2 aromatic rings. The Morgan fingerprint density at radius 3 is 2.71 bits per heavy atom. The molecule has 0 bridgehead atoms. The van der Waals surface area contributed by atoms with Crippen molar-refractivity contribution in [1.29, 1.82) is 0 Å². The van der Waals surface area contributed by atoms with Crippen LogP contribution in [-0.4, -0.2) is 42.1 Å². The third-order valence-corrected chi connectivity index (χ3v) is 6.24. The Labute approximate surface area is 206 Å². The standard InChI is InChI=1S/C25H24ClF2N3O4/c1-35-23-17(16-5-3-2-4-14(16)13-32)7-9-21(22(23)28)31-11-10-20(24(31)33)30-25(34)29-19-8-6-15(26)12-18(19)27/h2-5,7-9,12,15,20,32H,6,10-11,13H2,1H3,(H2,29,30,34). The van der Waals surface area contributed by atoms with Gasteiger partial charge in [0.05, 0.1) is 30.5 Å². The minimum Gasteiger partial charge on any atom is -0.493 e. The van der Waals surface area contributed by atoms with E-state index in [1.165, 1.54) is 30.2 Å². The Balaban J connectivity index is 1.51. The first-order valence-electron chi connectivity index (χ1n) is 11.0. The average molecular weight is 504 g/mol. The number of ether oxygens (including phenoxy) is 1. The van der Waals surface area contributed by atoms with Crippen molar-refractivity contribution in [2.75, 3.05) is 18.6 Å². The summed E-state index contributed by atoms with van der Waals surface area (Å²) >= 11 is 5.85. The molecule has 1 aliphatic carbocycles. The number of hydrogen-bond acceptors (Lipinski definition) is 4. The molecule has 10 heteroatoms. The number of allylic oxidation sites excluding steroid dienone is 3. The molecule has 4 rings (SSSR count). The highest BCUT2D eigenvalue weighted by Crippen LogP contribution is 2.39. The quantitative estimate of drug-likeness (QED) is 0.517. The van der Waals surface area contributed by atoms with E-state index in [0.29, 0.717) is 23.1 Å². The van der Waals surface area contributed by atoms with E-state index < -0.39 is 35.0 Å². The molecule has 1 saturated heterocycles. The van der Waals surface area contributed by atoms with Gasteiger partial charge in [0.2, 0.25) is 5.91 Å². The second kappa shape index (κ2) is 10.5. The molecule has 3 N–H and O–H groups in total. The molecule has 184 valence electrons. The monoisotopic (exact) mass is 503 g/mol. The van der Waals surface area contributed by atoms with Crippen molar-refractivity contribution in [1.82, 2.24) is 10.6 Å². The van der Waals surface area contributed by atoms with Crippen LogP contribution in [0.4, 0.5) is 19.3 Å². The summed E-state index contributed by atoms with van der Waals surface area (Å²) in [5.74, 6) is -1.94. The van der Waals surface area contributed by atoms with Gasteiger partial charge in [0.25, 0.3) is 0 Å². The first-order valence-corrected chi connectivity index (χ1v) is 11.4. The Morgan fingerprint density at radius 2 is 2.00 bits per heavy atom. The fourth-order valence-corrected chi connectivity index (χ4v) is 4.41. The van der Waals surface area contributed by atoms with E-state index in [-0.39, 0.29) is 36.7 Å². The van der Waals surface area contributed by atoms with Gasteiger partial charge >= 0.3 is 6.03 Å². The van der Waals surface area contributed by atoms with Crippen molar-refractivity contribution in [3.8, 4) is 16.9 Å². The molecule has 1 fully saturated rings. The van der Waals surface area contributed by atoms with Crippen LogP contribution >= 0.6 is 11.6 Å². The van der Waals surface area contributed by atoms with Gasteiger partial charge in [-0.15, -0.1) is 11.6 Å². The van der Waals surface area contributed by atoms with Crippen molar-refractivity contribution < 1.29 is 28.2 Å². The van der Waals surface area contributed by atoms with Gasteiger partial charge < -0.3 is 25.4 Å². The number of nitrogens with zero attached hydrogens (tertiary/aromatic N) is 1. The number of aliphatic hydroxyl groups excluding tert-OH is 1. The molecule has 1 aliphatic heterocycles. The van der Waals surface area contributed by atoms with E-state index in [2.05, 4.69) is 10.6 Å². The summed E-state index contributed by atoms with van der Waals surface area (Å²) in [6.07, 6.45) is 3.26. The minimum absolute atomic E-state index is 0.0129. The molecule has 0 aromatic heterocycles. The van der Waals surface area contributed by atoms with Crippen LogP contribution in [0, 0.1) is 5.82 Å². The predicted octanol–water partition coefficient (Wildman–Crippen LogP) is 4.15. The summed E-state index contributed by atoms with van der Waals surface area (Å²) in [7, 11) is 1.33. The average Bonchev–Trinajstić information content (AvgIpc) is 3.20. The van der Waals surface area contributed by atoms with Gasteiger partial charge in [0, 0.05) is 12.1 Å². The van der Waals surface area contributed by atoms with E-state index in [0.717, 1.165) is 0 Å². The summed E-state index contributed by atoms with van der Waals surface area (Å²) in [6.45, 7) is -0.0624. The van der Waals surface area contributed by atoms with Gasteiger partial charge in [-0.3, -0.25) is 4.79 Å². The highest BCUT2D eigenvalue weighted by molar-refractivity contribution is 6.22. The zero-order chi connectivity index (χ0) is 25.1. The van der Waals surface area contributed by atoms with Crippen LogP contribution in [0.5, 0.6) is 5.75 Å². The van der Waals surface area contributed by atoms with Gasteiger partial charge in [0.1, 0.15) is 11.9 Å². The van der Waals surface area contributed by atoms with Crippen molar-refractivity contribution in [3.63, 3.8) is 0 Å². The molecular formula is C25H24ClF2N3O4. The second-order valence-electron chi connectivity index (χ2n) is 8.11. The van der Waals surface area contributed by atoms with Gasteiger partial charge in [-0.1, -0.05) is 30.3 Å². The molecule has 0 spiro atoms. The lowest BCUT2D eigenvalue weighted by atomic mass is 9.98. The summed E-state index contributed by atoms with van der Waals surface area (Å²) < 4.78 is 34.8. The molecule has 2 aliphatic rings. The van der Waals surface area contributed by atoms with Crippen LogP contribution in [0.3, 0.4) is 0 Å². The topological polar surface area (TPSA) is 90.9 Å². The summed E-state index contributed by atoms with van der Waals surface area (Å²) in [5.41, 5.74) is 1.65. The maximum absolute atomic E-state index is 15.5. The number of amides is 3. The highest BCUT2D eigenvalue weighted by Gasteiger charge is 2.36. The van der Waals surface area contributed by atoms with Crippen LogP contribution < -0.4 is 20.3 Å². The lowest BCUT2D eigenvalue weighted by molar-refractivity contribution is -0.118. The van der Waals surface area contributed by atoms with Crippen LogP contribution in [0.25, 0.3) is 11.1 Å². The number of rotatable bonds is 6. The maximum Gasteiger partial charge on any atom is 0.319 e. The molecule has 35 heavy (non-hydrogen) atoms. The van der Waals surface area contributed by atoms with E-state index in [1.54, 1.807) is 30.3 Å². The fraction of sp³-hybridized carbons (Fsp3) is 0.280. The number of hydrogen-bond donors (Lipinski definition) is 3. The predicted molar refractivity (Wildman–Crippen MR) is 128 cm³/mol. The lowest BCUT2D eigenvalue weighted by Gasteiger charge is -2.21. The van der Waals surface area contributed by atoms with Gasteiger partial charge in [-0.05, 0) is 42.2 Å². The minimum atomic E-state index is -0.910. The van der Waals surface area contributed by atoms with Crippen LogP contribution in [0.15, 0.2) is 60.1 Å². The number of carbonyl (C=O) groups excluding carboxylic acids is 2. The van der Waals surface area contributed by atoms with Gasteiger partial charge in [-0.25, -0.2) is 13.6 Å². The van der Waals surface area contributed by atoms with Crippen molar-refractivity contribution in [2.24, 2.45) is 0 Å². The number of alkyl halides is 1. The third kappa shape index (κ3) is 5.01. The fourth-order valence-electron chi connectivity index (χ4n) is 4.21. The Morgan fingerprint density at radius 1 is 1.23 bits per heavy atom. The third-order valence-electron chi connectivity index (χ3n) is 5.94. The Bertz CT molecular complexity index is 1220. The number of halogens is 3. The number of anilines is 1. The van der Waals surface area contributed by atoms with E-state index in [1.807, 2.05) is 0 Å². The zero-order valence-corrected chi connectivity index (χ0v) is 19.6. The summed E-state index contributed by atoms with van der Waals surface area (Å²) in [5, 5.41) is 14.1. The highest BCUT2D eigenvalue weighted by atomic mass is 35.5. The van der Waals surface area contributed by atoms with E-state index in [9.17, 15) is 19.1 Å². The van der Waals surface area contributed by atoms with E-state index in [4.69, 9.17) is 16.3 Å². The molecule has 0 radical (unpaired) electrons. The molecule has 1 heterocycles.